The van der Waals surface area contributed by atoms with E-state index < -0.39 is 0 Å². The van der Waals surface area contributed by atoms with Gasteiger partial charge in [-0.3, -0.25) is 9.78 Å². The van der Waals surface area contributed by atoms with Gasteiger partial charge in [-0.15, -0.1) is 0 Å². The van der Waals surface area contributed by atoms with Crippen molar-refractivity contribution in [3.8, 4) is 11.5 Å². The quantitative estimate of drug-likeness (QED) is 0.472. The Labute approximate surface area is 184 Å². The third-order valence-corrected chi connectivity index (χ3v) is 4.55. The third kappa shape index (κ3) is 5.37. The highest BCUT2D eigenvalue weighted by Crippen LogP contribution is 2.36. The molecule has 3 aromatic rings. The van der Waals surface area contributed by atoms with Crippen LogP contribution in [-0.2, 0) is 0 Å². The van der Waals surface area contributed by atoms with Crippen LogP contribution in [0.5, 0.6) is 11.5 Å². The molecule has 0 aliphatic rings. The number of methoxy groups -OCH3 is 2. The van der Waals surface area contributed by atoms with Gasteiger partial charge in [0.25, 0.3) is 5.91 Å². The van der Waals surface area contributed by atoms with Crippen LogP contribution < -0.4 is 25.4 Å². The topological polar surface area (TPSA) is 84.5 Å². The number of hydrogen-bond acceptors (Lipinski definition) is 5. The highest BCUT2D eigenvalue weighted by atomic mass is 35.5. The van der Waals surface area contributed by atoms with Crippen LogP contribution >= 0.6 is 23.8 Å². The first-order chi connectivity index (χ1) is 14.5. The van der Waals surface area contributed by atoms with Gasteiger partial charge in [-0.05, 0) is 54.7 Å². The van der Waals surface area contributed by atoms with Gasteiger partial charge in [0, 0.05) is 29.8 Å². The Bertz CT molecular complexity index is 1050. The highest BCUT2D eigenvalue weighted by molar-refractivity contribution is 7.80. The summed E-state index contributed by atoms with van der Waals surface area (Å²) in [6.07, 6.45) is 3.12. The largest absolute Gasteiger partial charge is 0.495 e. The number of thiocarbonyl (C=S) groups is 1. The number of pyridine rings is 1. The Balaban J connectivity index is 1.62. The normalized spacial score (nSPS) is 10.1. The zero-order chi connectivity index (χ0) is 21.5. The van der Waals surface area contributed by atoms with Crippen LogP contribution in [-0.4, -0.2) is 30.2 Å². The second-order valence-electron chi connectivity index (χ2n) is 6.04. The lowest BCUT2D eigenvalue weighted by atomic mass is 10.2. The van der Waals surface area contributed by atoms with E-state index in [-0.39, 0.29) is 5.91 Å². The summed E-state index contributed by atoms with van der Waals surface area (Å²) in [6.45, 7) is 0. The maximum Gasteiger partial charge on any atom is 0.257 e. The highest BCUT2D eigenvalue weighted by Gasteiger charge is 2.11. The van der Waals surface area contributed by atoms with Crippen molar-refractivity contribution in [2.45, 2.75) is 0 Å². The standard InChI is InChI=1S/C21H19ClN4O3S/c1-28-18-11-19(29-2)17(10-16(18)22)26-21(30)25-15-7-5-14(6-8-15)24-20(27)13-4-3-9-23-12-13/h3-12H,1-2H3,(H,24,27)(H2,25,26,30). The van der Waals surface area contributed by atoms with Gasteiger partial charge in [0.15, 0.2) is 5.11 Å². The predicted octanol–water partition coefficient (Wildman–Crippen LogP) is 4.81. The van der Waals surface area contributed by atoms with Crippen molar-refractivity contribution in [2.24, 2.45) is 0 Å². The Morgan fingerprint density at radius 2 is 1.63 bits per heavy atom. The number of hydrogen-bond donors (Lipinski definition) is 3. The smallest absolute Gasteiger partial charge is 0.257 e. The molecule has 0 saturated heterocycles. The molecule has 154 valence electrons. The summed E-state index contributed by atoms with van der Waals surface area (Å²) < 4.78 is 10.5. The lowest BCUT2D eigenvalue weighted by Gasteiger charge is -2.15. The molecule has 30 heavy (non-hydrogen) atoms. The number of rotatable bonds is 6. The minimum Gasteiger partial charge on any atom is -0.495 e. The zero-order valence-electron chi connectivity index (χ0n) is 16.2. The van der Waals surface area contributed by atoms with Crippen molar-refractivity contribution in [3.63, 3.8) is 0 Å². The van der Waals surface area contributed by atoms with Crippen molar-refractivity contribution < 1.29 is 14.3 Å². The Hall–Kier alpha value is -3.36. The molecular formula is C21H19ClN4O3S. The minimum atomic E-state index is -0.232. The van der Waals surface area contributed by atoms with Crippen molar-refractivity contribution >= 4 is 51.9 Å². The summed E-state index contributed by atoms with van der Waals surface area (Å²) in [5.74, 6) is 0.806. The molecule has 0 unspecified atom stereocenters. The molecule has 0 aliphatic heterocycles. The molecule has 0 bridgehead atoms. The van der Waals surface area contributed by atoms with Crippen LogP contribution in [0.25, 0.3) is 0 Å². The molecule has 2 aromatic carbocycles. The second-order valence-corrected chi connectivity index (χ2v) is 6.85. The molecule has 0 aliphatic carbocycles. The zero-order valence-corrected chi connectivity index (χ0v) is 17.8. The number of ether oxygens (including phenoxy) is 2. The van der Waals surface area contributed by atoms with Gasteiger partial charge in [0.05, 0.1) is 30.5 Å². The first-order valence-electron chi connectivity index (χ1n) is 8.81. The summed E-state index contributed by atoms with van der Waals surface area (Å²) >= 11 is 11.6. The molecule has 0 atom stereocenters. The first kappa shape index (κ1) is 21.4. The summed E-state index contributed by atoms with van der Waals surface area (Å²) in [6, 6.07) is 13.9. The molecule has 7 nitrogen and oxygen atoms in total. The van der Waals surface area contributed by atoms with Crippen LogP contribution in [0.2, 0.25) is 5.02 Å². The summed E-state index contributed by atoms with van der Waals surface area (Å²) in [5.41, 5.74) is 2.47. The third-order valence-electron chi connectivity index (χ3n) is 4.05. The van der Waals surface area contributed by atoms with E-state index in [1.54, 1.807) is 61.8 Å². The monoisotopic (exact) mass is 442 g/mol. The van der Waals surface area contributed by atoms with Gasteiger partial charge in [0.2, 0.25) is 0 Å². The molecular weight excluding hydrogens is 424 g/mol. The van der Waals surface area contributed by atoms with Gasteiger partial charge in [0.1, 0.15) is 11.5 Å². The SMILES string of the molecule is COc1cc(OC)c(NC(=S)Nc2ccc(NC(=O)c3cccnc3)cc2)cc1Cl. The number of halogens is 1. The Morgan fingerprint density at radius 1 is 0.967 bits per heavy atom. The van der Waals surface area contributed by atoms with E-state index in [0.29, 0.717) is 38.6 Å². The molecule has 1 aromatic heterocycles. The van der Waals surface area contributed by atoms with Crippen molar-refractivity contribution in [2.75, 3.05) is 30.2 Å². The maximum absolute atomic E-state index is 12.2. The van der Waals surface area contributed by atoms with Gasteiger partial charge in [-0.2, -0.15) is 0 Å². The maximum atomic E-state index is 12.2. The fraction of sp³-hybridized carbons (Fsp3) is 0.0952. The first-order valence-corrected chi connectivity index (χ1v) is 9.59. The number of amides is 1. The number of aromatic nitrogens is 1. The van der Waals surface area contributed by atoms with Gasteiger partial charge in [-0.25, -0.2) is 0 Å². The van der Waals surface area contributed by atoms with E-state index in [1.807, 2.05) is 0 Å². The average Bonchev–Trinajstić information content (AvgIpc) is 2.76. The van der Waals surface area contributed by atoms with E-state index in [4.69, 9.17) is 33.3 Å². The Kier molecular flexibility index (Phi) is 7.05. The summed E-state index contributed by atoms with van der Waals surface area (Å²) in [4.78, 5) is 16.1. The summed E-state index contributed by atoms with van der Waals surface area (Å²) in [5, 5.41) is 9.71. The van der Waals surface area contributed by atoms with Crippen LogP contribution in [0.15, 0.2) is 60.9 Å². The van der Waals surface area contributed by atoms with E-state index in [9.17, 15) is 4.79 Å². The Morgan fingerprint density at radius 3 is 2.23 bits per heavy atom. The van der Waals surface area contributed by atoms with Crippen molar-refractivity contribution in [1.82, 2.24) is 4.98 Å². The van der Waals surface area contributed by atoms with E-state index in [0.717, 1.165) is 5.69 Å². The summed E-state index contributed by atoms with van der Waals surface area (Å²) in [7, 11) is 3.08. The number of anilines is 3. The minimum absolute atomic E-state index is 0.232. The lowest BCUT2D eigenvalue weighted by Crippen LogP contribution is -2.19. The molecule has 1 amide bonds. The number of nitrogens with one attached hydrogen (secondary N) is 3. The second kappa shape index (κ2) is 9.91. The number of carbonyl (C=O) groups excluding carboxylic acids is 1. The van der Waals surface area contributed by atoms with Gasteiger partial charge in [-0.1, -0.05) is 11.6 Å². The van der Waals surface area contributed by atoms with Crippen LogP contribution in [0.4, 0.5) is 17.1 Å². The average molecular weight is 443 g/mol. The molecule has 3 N–H and O–H groups in total. The molecule has 0 spiro atoms. The number of carbonyl (C=O) groups is 1. The van der Waals surface area contributed by atoms with Crippen molar-refractivity contribution in [3.05, 3.63) is 71.5 Å². The number of nitrogens with zero attached hydrogens (tertiary/aromatic N) is 1. The molecule has 9 heteroatoms. The predicted molar refractivity (Wildman–Crippen MR) is 123 cm³/mol. The van der Waals surface area contributed by atoms with Crippen LogP contribution in [0.1, 0.15) is 10.4 Å². The molecule has 0 radical (unpaired) electrons. The van der Waals surface area contributed by atoms with Crippen LogP contribution in [0, 0.1) is 0 Å². The van der Waals surface area contributed by atoms with Crippen molar-refractivity contribution in [1.29, 1.82) is 0 Å². The molecule has 0 saturated carbocycles. The lowest BCUT2D eigenvalue weighted by molar-refractivity contribution is 0.102. The fourth-order valence-electron chi connectivity index (χ4n) is 2.58. The van der Waals surface area contributed by atoms with E-state index in [1.165, 1.54) is 13.3 Å². The molecule has 1 heterocycles. The van der Waals surface area contributed by atoms with Crippen LogP contribution in [0.3, 0.4) is 0 Å². The van der Waals surface area contributed by atoms with Gasteiger partial charge >= 0.3 is 0 Å². The van der Waals surface area contributed by atoms with E-state index >= 15 is 0 Å². The fourth-order valence-corrected chi connectivity index (χ4v) is 3.05. The number of benzene rings is 2. The molecule has 0 fully saturated rings. The van der Waals surface area contributed by atoms with E-state index in [2.05, 4.69) is 20.9 Å². The van der Waals surface area contributed by atoms with Gasteiger partial charge < -0.3 is 25.4 Å². The molecule has 3 rings (SSSR count).